The van der Waals surface area contributed by atoms with Crippen molar-refractivity contribution in [2.45, 2.75) is 52.5 Å². The molecule has 0 saturated carbocycles. The normalized spacial score (nSPS) is 11.4. The summed E-state index contributed by atoms with van der Waals surface area (Å²) in [5, 5.41) is 3.35. The predicted molar refractivity (Wildman–Crippen MR) is 58.2 cm³/mol. The molecule has 0 unspecified atom stereocenters. The molecule has 0 aromatic heterocycles. The molecule has 14 heavy (non-hydrogen) atoms. The summed E-state index contributed by atoms with van der Waals surface area (Å²) < 4.78 is 4.84. The Kier molecular flexibility index (Phi) is 6.54. The van der Waals surface area contributed by atoms with Crippen LogP contribution >= 0.6 is 0 Å². The molecule has 0 aromatic rings. The second kappa shape index (κ2) is 6.82. The molecule has 3 heteroatoms. The van der Waals surface area contributed by atoms with Crippen molar-refractivity contribution in [2.75, 3.05) is 13.2 Å². The molecule has 0 bridgehead atoms. The Morgan fingerprint density at radius 3 is 2.50 bits per heavy atom. The fourth-order valence-corrected chi connectivity index (χ4v) is 1.45. The first kappa shape index (κ1) is 13.4. The van der Waals surface area contributed by atoms with Crippen LogP contribution in [0, 0.1) is 0 Å². The SMILES string of the molecule is CCCC(C)(C)NCCC(=O)OCC. The molecule has 84 valence electrons. The molecule has 0 amide bonds. The largest absolute Gasteiger partial charge is 0.466 e. The van der Waals surface area contributed by atoms with Gasteiger partial charge in [0.15, 0.2) is 0 Å². The van der Waals surface area contributed by atoms with Crippen molar-refractivity contribution in [3.63, 3.8) is 0 Å². The lowest BCUT2D eigenvalue weighted by Gasteiger charge is -2.25. The van der Waals surface area contributed by atoms with Gasteiger partial charge < -0.3 is 10.1 Å². The van der Waals surface area contributed by atoms with Gasteiger partial charge in [-0.2, -0.15) is 0 Å². The van der Waals surface area contributed by atoms with Crippen molar-refractivity contribution in [1.82, 2.24) is 5.32 Å². The Labute approximate surface area is 87.2 Å². The van der Waals surface area contributed by atoms with E-state index in [0.717, 1.165) is 12.8 Å². The lowest BCUT2D eigenvalue weighted by atomic mass is 9.99. The van der Waals surface area contributed by atoms with Crippen LogP contribution in [-0.4, -0.2) is 24.7 Å². The van der Waals surface area contributed by atoms with E-state index in [2.05, 4.69) is 26.1 Å². The maximum atomic E-state index is 11.0. The van der Waals surface area contributed by atoms with E-state index >= 15 is 0 Å². The van der Waals surface area contributed by atoms with Crippen LogP contribution in [0.3, 0.4) is 0 Å². The van der Waals surface area contributed by atoms with Crippen LogP contribution in [0.4, 0.5) is 0 Å². The highest BCUT2D eigenvalue weighted by atomic mass is 16.5. The average Bonchev–Trinajstić information content (AvgIpc) is 2.03. The number of esters is 1. The van der Waals surface area contributed by atoms with E-state index in [1.54, 1.807) is 0 Å². The van der Waals surface area contributed by atoms with E-state index in [1.165, 1.54) is 0 Å². The van der Waals surface area contributed by atoms with Crippen molar-refractivity contribution in [3.8, 4) is 0 Å². The Bertz CT molecular complexity index is 167. The summed E-state index contributed by atoms with van der Waals surface area (Å²) in [5.41, 5.74) is 0.126. The number of carbonyl (C=O) groups excluding carboxylic acids is 1. The Morgan fingerprint density at radius 2 is 2.00 bits per heavy atom. The van der Waals surface area contributed by atoms with E-state index < -0.39 is 0 Å². The zero-order valence-corrected chi connectivity index (χ0v) is 9.85. The summed E-state index contributed by atoms with van der Waals surface area (Å²) in [7, 11) is 0. The summed E-state index contributed by atoms with van der Waals surface area (Å²) in [6, 6.07) is 0. The summed E-state index contributed by atoms with van der Waals surface area (Å²) in [6.45, 7) is 9.47. The number of ether oxygens (including phenoxy) is 1. The standard InChI is InChI=1S/C11H23NO2/c1-5-8-11(3,4)12-9-7-10(13)14-6-2/h12H,5-9H2,1-4H3. The zero-order chi connectivity index (χ0) is 11.0. The van der Waals surface area contributed by atoms with Gasteiger partial charge in [-0.1, -0.05) is 13.3 Å². The first-order valence-electron chi connectivity index (χ1n) is 5.42. The van der Waals surface area contributed by atoms with E-state index in [0.29, 0.717) is 19.6 Å². The second-order valence-corrected chi connectivity index (χ2v) is 4.12. The van der Waals surface area contributed by atoms with Crippen molar-refractivity contribution < 1.29 is 9.53 Å². The van der Waals surface area contributed by atoms with E-state index in [-0.39, 0.29) is 11.5 Å². The molecule has 0 aliphatic rings. The molecule has 0 fully saturated rings. The van der Waals surface area contributed by atoms with Crippen LogP contribution in [0.5, 0.6) is 0 Å². The molecule has 0 atom stereocenters. The molecule has 0 aliphatic carbocycles. The first-order chi connectivity index (χ1) is 6.52. The summed E-state index contributed by atoms with van der Waals surface area (Å²) in [5.74, 6) is -0.118. The van der Waals surface area contributed by atoms with E-state index in [1.807, 2.05) is 6.92 Å². The van der Waals surface area contributed by atoms with Crippen LogP contribution < -0.4 is 5.32 Å². The maximum Gasteiger partial charge on any atom is 0.307 e. The topological polar surface area (TPSA) is 38.3 Å². The Morgan fingerprint density at radius 1 is 1.36 bits per heavy atom. The van der Waals surface area contributed by atoms with Gasteiger partial charge in [0.1, 0.15) is 0 Å². The molecule has 1 N–H and O–H groups in total. The molecule has 0 aliphatic heterocycles. The van der Waals surface area contributed by atoms with Gasteiger partial charge in [0.2, 0.25) is 0 Å². The molecule has 0 heterocycles. The Hall–Kier alpha value is -0.570. The van der Waals surface area contributed by atoms with Gasteiger partial charge in [-0.15, -0.1) is 0 Å². The number of carbonyl (C=O) groups is 1. The highest BCUT2D eigenvalue weighted by Gasteiger charge is 2.15. The maximum absolute atomic E-state index is 11.0. The number of hydrogen-bond donors (Lipinski definition) is 1. The summed E-state index contributed by atoms with van der Waals surface area (Å²) in [6.07, 6.45) is 2.73. The molecular formula is C11H23NO2. The zero-order valence-electron chi connectivity index (χ0n) is 9.85. The monoisotopic (exact) mass is 201 g/mol. The van der Waals surface area contributed by atoms with Crippen LogP contribution in [0.1, 0.15) is 47.0 Å². The molecule has 3 nitrogen and oxygen atoms in total. The number of rotatable bonds is 7. The van der Waals surface area contributed by atoms with Crippen molar-refractivity contribution in [3.05, 3.63) is 0 Å². The van der Waals surface area contributed by atoms with Crippen LogP contribution in [0.25, 0.3) is 0 Å². The highest BCUT2D eigenvalue weighted by molar-refractivity contribution is 5.69. The van der Waals surface area contributed by atoms with Crippen LogP contribution in [0.15, 0.2) is 0 Å². The van der Waals surface area contributed by atoms with E-state index in [9.17, 15) is 4.79 Å². The van der Waals surface area contributed by atoms with Crippen LogP contribution in [0.2, 0.25) is 0 Å². The van der Waals surface area contributed by atoms with Crippen molar-refractivity contribution in [1.29, 1.82) is 0 Å². The molecule has 0 rings (SSSR count). The molecule has 0 saturated heterocycles. The first-order valence-corrected chi connectivity index (χ1v) is 5.42. The minimum Gasteiger partial charge on any atom is -0.466 e. The van der Waals surface area contributed by atoms with Crippen LogP contribution in [-0.2, 0) is 9.53 Å². The van der Waals surface area contributed by atoms with Gasteiger partial charge in [-0.05, 0) is 27.2 Å². The van der Waals surface area contributed by atoms with Crippen molar-refractivity contribution >= 4 is 5.97 Å². The smallest absolute Gasteiger partial charge is 0.307 e. The third-order valence-corrected chi connectivity index (χ3v) is 2.11. The third kappa shape index (κ3) is 6.89. The van der Waals surface area contributed by atoms with Gasteiger partial charge in [0, 0.05) is 12.1 Å². The lowest BCUT2D eigenvalue weighted by Crippen LogP contribution is -2.40. The van der Waals surface area contributed by atoms with Gasteiger partial charge in [0.05, 0.1) is 13.0 Å². The van der Waals surface area contributed by atoms with Gasteiger partial charge in [-0.25, -0.2) is 0 Å². The summed E-state index contributed by atoms with van der Waals surface area (Å²) in [4.78, 5) is 11.0. The fraction of sp³-hybridized carbons (Fsp3) is 0.909. The minimum atomic E-state index is -0.118. The molecule has 0 aromatic carbocycles. The Balaban J connectivity index is 3.57. The van der Waals surface area contributed by atoms with Gasteiger partial charge >= 0.3 is 5.97 Å². The summed E-state index contributed by atoms with van der Waals surface area (Å²) >= 11 is 0. The third-order valence-electron chi connectivity index (χ3n) is 2.11. The predicted octanol–water partition coefficient (Wildman–Crippen LogP) is 2.11. The van der Waals surface area contributed by atoms with Gasteiger partial charge in [0.25, 0.3) is 0 Å². The fourth-order valence-electron chi connectivity index (χ4n) is 1.45. The minimum absolute atomic E-state index is 0.118. The quantitative estimate of drug-likeness (QED) is 0.641. The number of nitrogens with one attached hydrogen (secondary N) is 1. The van der Waals surface area contributed by atoms with Crippen molar-refractivity contribution in [2.24, 2.45) is 0 Å². The van der Waals surface area contributed by atoms with Gasteiger partial charge in [-0.3, -0.25) is 4.79 Å². The lowest BCUT2D eigenvalue weighted by molar-refractivity contribution is -0.143. The molecule has 0 radical (unpaired) electrons. The van der Waals surface area contributed by atoms with E-state index in [4.69, 9.17) is 4.74 Å². The average molecular weight is 201 g/mol. The highest BCUT2D eigenvalue weighted by Crippen LogP contribution is 2.10. The molecular weight excluding hydrogens is 178 g/mol. The number of hydrogen-bond acceptors (Lipinski definition) is 3. The molecule has 0 spiro atoms. The second-order valence-electron chi connectivity index (χ2n) is 4.12.